The van der Waals surface area contributed by atoms with Gasteiger partial charge in [0.15, 0.2) is 0 Å². The lowest BCUT2D eigenvalue weighted by Crippen LogP contribution is -2.59. The average Bonchev–Trinajstić information content (AvgIpc) is 3.14. The summed E-state index contributed by atoms with van der Waals surface area (Å²) in [6.07, 6.45) is -16.4. The Balaban J connectivity index is 2.09. The van der Waals surface area contributed by atoms with Gasteiger partial charge < -0.3 is 9.47 Å². The van der Waals surface area contributed by atoms with Crippen LogP contribution in [0, 0.1) is 0 Å². The molecule has 3 fully saturated rings. The smallest absolute Gasteiger partial charge is 0.367 e. The molecule has 122 valence electrons. The van der Waals surface area contributed by atoms with Crippen molar-refractivity contribution in [3.63, 3.8) is 0 Å². The summed E-state index contributed by atoms with van der Waals surface area (Å²) in [5.41, 5.74) is 0. The zero-order valence-corrected chi connectivity index (χ0v) is 9.73. The standard InChI is InChI=1S/C9H6F8O4/c10-5(3-1-18-3)6(11,4-2-19-4)21-7(20-5,8(12,13)14)9(15,16)17/h3-4H,1-2H2/t3?,4?,5-,6+. The first-order valence-electron chi connectivity index (χ1n) is 5.52. The second kappa shape index (κ2) is 3.78. The summed E-state index contributed by atoms with van der Waals surface area (Å²) in [4.78, 5) is 0. The maximum Gasteiger partial charge on any atom is 0.453 e. The Morgan fingerprint density at radius 2 is 1.00 bits per heavy atom. The van der Waals surface area contributed by atoms with E-state index in [1.165, 1.54) is 0 Å². The zero-order chi connectivity index (χ0) is 15.9. The largest absolute Gasteiger partial charge is 0.453 e. The number of alkyl halides is 8. The highest BCUT2D eigenvalue weighted by Crippen LogP contribution is 2.63. The summed E-state index contributed by atoms with van der Waals surface area (Å²) >= 11 is 0. The Kier molecular flexibility index (Phi) is 2.73. The highest BCUT2D eigenvalue weighted by atomic mass is 19.4. The molecule has 0 aromatic heterocycles. The van der Waals surface area contributed by atoms with Gasteiger partial charge in [-0.05, 0) is 0 Å². The molecule has 0 amide bonds. The fourth-order valence-electron chi connectivity index (χ4n) is 2.07. The highest BCUT2D eigenvalue weighted by Gasteiger charge is 2.90. The molecule has 3 aliphatic heterocycles. The summed E-state index contributed by atoms with van der Waals surface area (Å²) in [7, 11) is 0. The normalized spacial score (nSPS) is 45.7. The molecule has 0 spiro atoms. The van der Waals surface area contributed by atoms with Crippen molar-refractivity contribution in [2.24, 2.45) is 0 Å². The lowest BCUT2D eigenvalue weighted by molar-refractivity contribution is -0.459. The second-order valence-corrected chi connectivity index (χ2v) is 4.75. The van der Waals surface area contributed by atoms with Crippen molar-refractivity contribution in [1.29, 1.82) is 0 Å². The van der Waals surface area contributed by atoms with Gasteiger partial charge in [0.1, 0.15) is 12.2 Å². The molecule has 0 bridgehead atoms. The number of rotatable bonds is 2. The zero-order valence-electron chi connectivity index (χ0n) is 9.73. The van der Waals surface area contributed by atoms with Gasteiger partial charge in [-0.25, -0.2) is 8.78 Å². The van der Waals surface area contributed by atoms with Gasteiger partial charge in [0.05, 0.1) is 13.2 Å². The Morgan fingerprint density at radius 1 is 0.714 bits per heavy atom. The minimum Gasteiger partial charge on any atom is -0.367 e. The lowest BCUT2D eigenvalue weighted by atomic mass is 10.0. The fraction of sp³-hybridized carbons (Fsp3) is 1.00. The van der Waals surface area contributed by atoms with E-state index in [9.17, 15) is 35.1 Å². The number of epoxide rings is 2. The highest BCUT2D eigenvalue weighted by molar-refractivity contribution is 5.13. The Morgan fingerprint density at radius 3 is 1.19 bits per heavy atom. The molecule has 0 aromatic rings. The van der Waals surface area contributed by atoms with Crippen molar-refractivity contribution in [3.05, 3.63) is 0 Å². The van der Waals surface area contributed by atoms with E-state index in [-0.39, 0.29) is 0 Å². The third kappa shape index (κ3) is 1.82. The third-order valence-corrected chi connectivity index (χ3v) is 3.29. The van der Waals surface area contributed by atoms with Gasteiger partial charge in [-0.2, -0.15) is 26.3 Å². The molecule has 3 aliphatic rings. The van der Waals surface area contributed by atoms with Crippen molar-refractivity contribution >= 4 is 0 Å². The van der Waals surface area contributed by atoms with Crippen molar-refractivity contribution in [1.82, 2.24) is 0 Å². The minimum atomic E-state index is -6.26. The maximum atomic E-state index is 14.5. The molecule has 12 heteroatoms. The fourth-order valence-corrected chi connectivity index (χ4v) is 2.07. The van der Waals surface area contributed by atoms with Crippen LogP contribution in [0.3, 0.4) is 0 Å². The van der Waals surface area contributed by atoms with Crippen LogP contribution < -0.4 is 0 Å². The SMILES string of the molecule is FC(F)(F)C1(C(F)(F)F)O[C@@](F)(C2CO2)[C@@](F)(C2CO2)O1. The summed E-state index contributed by atoms with van der Waals surface area (Å²) < 4.78 is 121. The summed E-state index contributed by atoms with van der Waals surface area (Å²) in [6, 6.07) is 0. The molecule has 3 rings (SSSR count). The molecular weight excluding hydrogens is 324 g/mol. The maximum absolute atomic E-state index is 14.5. The molecular formula is C9H6F8O4. The van der Waals surface area contributed by atoms with E-state index >= 15 is 0 Å². The van der Waals surface area contributed by atoms with Crippen LogP contribution in [-0.2, 0) is 18.9 Å². The number of hydrogen-bond donors (Lipinski definition) is 0. The van der Waals surface area contributed by atoms with Crippen LogP contribution in [0.25, 0.3) is 0 Å². The Hall–Kier alpha value is -0.720. The van der Waals surface area contributed by atoms with E-state index in [0.29, 0.717) is 0 Å². The monoisotopic (exact) mass is 330 g/mol. The van der Waals surface area contributed by atoms with E-state index in [1.54, 1.807) is 0 Å². The van der Waals surface area contributed by atoms with Gasteiger partial charge in [0, 0.05) is 0 Å². The van der Waals surface area contributed by atoms with Gasteiger partial charge in [-0.1, -0.05) is 0 Å². The molecule has 3 saturated heterocycles. The first-order chi connectivity index (χ1) is 9.37. The predicted molar refractivity (Wildman–Crippen MR) is 44.2 cm³/mol. The van der Waals surface area contributed by atoms with Crippen LogP contribution in [0.2, 0.25) is 0 Å². The van der Waals surface area contributed by atoms with E-state index in [0.717, 1.165) is 0 Å². The van der Waals surface area contributed by atoms with Crippen LogP contribution in [-0.4, -0.2) is 55.3 Å². The molecule has 0 aliphatic carbocycles. The van der Waals surface area contributed by atoms with Crippen molar-refractivity contribution in [3.8, 4) is 0 Å². The summed E-state index contributed by atoms with van der Waals surface area (Å²) in [5, 5.41) is 0. The Labute approximate surface area is 110 Å². The van der Waals surface area contributed by atoms with Gasteiger partial charge in [0.25, 0.3) is 0 Å². The van der Waals surface area contributed by atoms with Crippen molar-refractivity contribution in [2.75, 3.05) is 13.2 Å². The average molecular weight is 330 g/mol. The van der Waals surface area contributed by atoms with E-state index in [1.807, 2.05) is 0 Å². The van der Waals surface area contributed by atoms with Crippen LogP contribution in [0.4, 0.5) is 35.1 Å². The number of hydrogen-bond acceptors (Lipinski definition) is 4. The van der Waals surface area contributed by atoms with Gasteiger partial charge in [-0.3, -0.25) is 9.47 Å². The molecule has 0 aromatic carbocycles. The minimum absolute atomic E-state index is 0.607. The summed E-state index contributed by atoms with van der Waals surface area (Å²) in [6.45, 7) is -1.21. The number of ether oxygens (including phenoxy) is 4. The van der Waals surface area contributed by atoms with Crippen LogP contribution in [0.1, 0.15) is 0 Å². The van der Waals surface area contributed by atoms with E-state index in [4.69, 9.17) is 0 Å². The first kappa shape index (κ1) is 15.2. The van der Waals surface area contributed by atoms with Crippen molar-refractivity contribution < 1.29 is 54.1 Å². The molecule has 2 unspecified atom stereocenters. The molecule has 0 radical (unpaired) electrons. The number of halogens is 8. The summed E-state index contributed by atoms with van der Waals surface area (Å²) in [5.74, 6) is -13.6. The first-order valence-corrected chi connectivity index (χ1v) is 5.52. The van der Waals surface area contributed by atoms with Gasteiger partial charge >= 0.3 is 29.8 Å². The van der Waals surface area contributed by atoms with Gasteiger partial charge in [-0.15, -0.1) is 0 Å². The molecule has 0 saturated carbocycles. The van der Waals surface area contributed by atoms with Crippen LogP contribution >= 0.6 is 0 Å². The van der Waals surface area contributed by atoms with E-state index in [2.05, 4.69) is 18.9 Å². The topological polar surface area (TPSA) is 43.5 Å². The van der Waals surface area contributed by atoms with E-state index < -0.39 is 55.3 Å². The molecule has 21 heavy (non-hydrogen) atoms. The molecule has 3 heterocycles. The quantitative estimate of drug-likeness (QED) is 0.574. The third-order valence-electron chi connectivity index (χ3n) is 3.29. The molecule has 4 nitrogen and oxygen atoms in total. The molecule has 0 N–H and O–H groups in total. The molecule has 4 atom stereocenters. The second-order valence-electron chi connectivity index (χ2n) is 4.75. The lowest BCUT2D eigenvalue weighted by Gasteiger charge is -2.31. The van der Waals surface area contributed by atoms with Crippen LogP contribution in [0.15, 0.2) is 0 Å². The Bertz CT molecular complexity index is 414. The van der Waals surface area contributed by atoms with Crippen molar-refractivity contribution in [2.45, 2.75) is 42.1 Å². The van der Waals surface area contributed by atoms with Gasteiger partial charge in [0.2, 0.25) is 0 Å². The predicted octanol–water partition coefficient (Wildman–Crippen LogP) is 1.98. The van der Waals surface area contributed by atoms with Crippen LogP contribution in [0.5, 0.6) is 0 Å².